The zero-order valence-electron chi connectivity index (χ0n) is 31.2. The summed E-state index contributed by atoms with van der Waals surface area (Å²) in [7, 11) is 0. The van der Waals surface area contributed by atoms with Crippen LogP contribution in [0.5, 0.6) is 0 Å². The Balaban J connectivity index is 0.000000164. The number of carbonyl (C=O) groups excluding carboxylic acids is 4. The summed E-state index contributed by atoms with van der Waals surface area (Å²) in [6.07, 6.45) is 19.4. The number of Topliss-reactive ketones (excluding diaryl/α,β-unsaturated/α-hetero) is 2. The van der Waals surface area contributed by atoms with Crippen molar-refractivity contribution >= 4 is 23.1 Å². The van der Waals surface area contributed by atoms with E-state index in [9.17, 15) is 39.6 Å². The third-order valence-corrected chi connectivity index (χ3v) is 16.1. The molecule has 286 valence electrons. The van der Waals surface area contributed by atoms with Gasteiger partial charge in [-0.05, 0) is 113 Å². The van der Waals surface area contributed by atoms with Crippen molar-refractivity contribution < 1.29 is 48.4 Å². The Bertz CT molecular complexity index is 1860. The number of alkyl halides is 2. The van der Waals surface area contributed by atoms with E-state index in [4.69, 9.17) is 0 Å². The van der Waals surface area contributed by atoms with Crippen LogP contribution in [0.1, 0.15) is 79.6 Å². The Kier molecular flexibility index (Phi) is 8.56. The molecule has 0 aromatic carbocycles. The molecule has 8 aliphatic carbocycles. The van der Waals surface area contributed by atoms with Gasteiger partial charge in [-0.15, -0.1) is 0 Å². The minimum Gasteiger partial charge on any atom is -0.388 e. The van der Waals surface area contributed by atoms with Gasteiger partial charge in [0.25, 0.3) is 0 Å². The lowest BCUT2D eigenvalue weighted by Gasteiger charge is -2.57. The SMILES string of the molecule is C[C@@H]1C[C@H]2[C@@H]3CCC4=CC(=O)C=C[C@]4(C)[C@@]3(F)C=C[C@]2(C)[C@@]1(O)C(=O)CO.C[C@]12C=CC(=O)C=C1CC[C@H]1[C@@H]3CC[C@](O)(C(=O)CO)[C@@]3(C)C=C[C@@]12F. The molecule has 8 nitrogen and oxygen atoms in total. The second kappa shape index (κ2) is 11.9. The van der Waals surface area contributed by atoms with Gasteiger partial charge in [-0.1, -0.05) is 56.2 Å². The van der Waals surface area contributed by atoms with Crippen molar-refractivity contribution in [2.24, 2.45) is 51.2 Å². The molecule has 0 spiro atoms. The Morgan fingerprint density at radius 2 is 1.15 bits per heavy atom. The van der Waals surface area contributed by atoms with Crippen molar-refractivity contribution in [2.45, 2.75) is 102 Å². The second-order valence-electron chi connectivity index (χ2n) is 18.0. The van der Waals surface area contributed by atoms with Gasteiger partial charge in [-0.3, -0.25) is 19.2 Å². The molecule has 8 rings (SSSR count). The Labute approximate surface area is 309 Å². The zero-order chi connectivity index (χ0) is 38.8. The highest BCUT2D eigenvalue weighted by molar-refractivity contribution is 6.02. The summed E-state index contributed by atoms with van der Waals surface area (Å²) in [5, 5.41) is 41.1. The number of rotatable bonds is 4. The molecule has 0 heterocycles. The molecule has 0 radical (unpaired) electrons. The molecule has 8 aliphatic rings. The van der Waals surface area contributed by atoms with Crippen LogP contribution in [0.2, 0.25) is 0 Å². The van der Waals surface area contributed by atoms with E-state index >= 15 is 8.78 Å². The second-order valence-corrected chi connectivity index (χ2v) is 18.0. The zero-order valence-corrected chi connectivity index (χ0v) is 31.2. The number of aliphatic hydroxyl groups is 4. The van der Waals surface area contributed by atoms with Crippen LogP contribution in [-0.2, 0) is 19.2 Å². The number of hydrogen-bond acceptors (Lipinski definition) is 8. The molecular weight excluding hydrogens is 682 g/mol. The largest absolute Gasteiger partial charge is 0.388 e. The highest BCUT2D eigenvalue weighted by Crippen LogP contribution is 2.69. The number of fused-ring (bicyclic) bond motifs is 10. The molecule has 0 unspecified atom stereocenters. The molecule has 53 heavy (non-hydrogen) atoms. The van der Waals surface area contributed by atoms with Gasteiger partial charge >= 0.3 is 0 Å². The van der Waals surface area contributed by atoms with Crippen LogP contribution < -0.4 is 0 Å². The van der Waals surface area contributed by atoms with Gasteiger partial charge in [0.2, 0.25) is 0 Å². The maximum Gasteiger partial charge on any atom is 0.190 e. The number of aliphatic hydroxyl groups excluding tert-OH is 2. The van der Waals surface area contributed by atoms with Crippen LogP contribution in [0.4, 0.5) is 8.78 Å². The van der Waals surface area contributed by atoms with Gasteiger partial charge < -0.3 is 20.4 Å². The molecule has 0 amide bonds. The first-order chi connectivity index (χ1) is 24.7. The Hall–Kier alpha value is -3.18. The third kappa shape index (κ3) is 4.58. The van der Waals surface area contributed by atoms with Gasteiger partial charge in [0.1, 0.15) is 35.8 Å². The molecule has 13 atom stereocenters. The molecule has 0 aromatic rings. The standard InChI is InChI=1S/C22H27FO4.C21H25FO4/c1-13-10-17-16-5-4-14-11-15(25)6-7-19(14,2)21(16,23)9-8-20(17,3)22(13,27)18(26)12-24;1-18-7-5-14(24)11-13(18)3-4-16-15-6-8-21(26,17(25)12-23)19(15,2)9-10-20(16,18)22/h6-9,11,13,16-17,24,27H,4-5,10,12H2,1-3H3;5,7,9-11,15-16,23,26H,3-4,6,8,12H2,1-2H3/t13-,16+,17+,19+,20+,21-,22+;15-,16-,18-,19-,20+,21-/m10/s1. The summed E-state index contributed by atoms with van der Waals surface area (Å²) in [4.78, 5) is 48.3. The van der Waals surface area contributed by atoms with Crippen molar-refractivity contribution in [1.29, 1.82) is 0 Å². The first-order valence-electron chi connectivity index (χ1n) is 19.1. The minimum atomic E-state index is -1.69. The minimum absolute atomic E-state index is 0.104. The summed E-state index contributed by atoms with van der Waals surface area (Å²) >= 11 is 0. The number of hydrogen-bond donors (Lipinski definition) is 4. The monoisotopic (exact) mass is 734 g/mol. The number of halogens is 2. The smallest absolute Gasteiger partial charge is 0.190 e. The molecule has 10 heteroatoms. The van der Waals surface area contributed by atoms with Crippen LogP contribution in [0, 0.1) is 51.2 Å². The lowest BCUT2D eigenvalue weighted by molar-refractivity contribution is -0.159. The average Bonchev–Trinajstić information content (AvgIpc) is 3.52. The van der Waals surface area contributed by atoms with Crippen molar-refractivity contribution in [2.75, 3.05) is 13.2 Å². The maximum atomic E-state index is 16.6. The van der Waals surface area contributed by atoms with Gasteiger partial charge in [-0.2, -0.15) is 0 Å². The predicted molar refractivity (Wildman–Crippen MR) is 192 cm³/mol. The van der Waals surface area contributed by atoms with E-state index in [1.165, 1.54) is 24.3 Å². The van der Waals surface area contributed by atoms with Gasteiger partial charge in [0, 0.05) is 33.5 Å². The molecule has 0 bridgehead atoms. The lowest BCUT2D eigenvalue weighted by atomic mass is 9.48. The first-order valence-corrected chi connectivity index (χ1v) is 19.1. The summed E-state index contributed by atoms with van der Waals surface area (Å²) in [6.45, 7) is 7.66. The molecule has 0 saturated heterocycles. The fourth-order valence-corrected chi connectivity index (χ4v) is 12.7. The third-order valence-electron chi connectivity index (χ3n) is 16.1. The van der Waals surface area contributed by atoms with E-state index in [2.05, 4.69) is 0 Å². The van der Waals surface area contributed by atoms with E-state index in [-0.39, 0.29) is 47.6 Å². The van der Waals surface area contributed by atoms with Crippen molar-refractivity contribution in [1.82, 2.24) is 0 Å². The van der Waals surface area contributed by atoms with Gasteiger partial charge in [-0.25, -0.2) is 8.78 Å². The summed E-state index contributed by atoms with van der Waals surface area (Å²) < 4.78 is 33.1. The van der Waals surface area contributed by atoms with Crippen LogP contribution in [0.15, 0.2) is 71.9 Å². The van der Waals surface area contributed by atoms with Crippen molar-refractivity contribution in [3.8, 4) is 0 Å². The highest BCUT2D eigenvalue weighted by atomic mass is 19.1. The molecule has 0 aliphatic heterocycles. The quantitative estimate of drug-likeness (QED) is 0.290. The fourth-order valence-electron chi connectivity index (χ4n) is 12.7. The molecule has 4 N–H and O–H groups in total. The topological polar surface area (TPSA) is 149 Å². The molecular formula is C43H52F2O8. The fraction of sp³-hybridized carbons (Fsp3) is 0.628. The lowest BCUT2D eigenvalue weighted by Crippen LogP contribution is -2.61. The van der Waals surface area contributed by atoms with Crippen molar-refractivity contribution in [3.63, 3.8) is 0 Å². The molecule has 4 fully saturated rings. The first kappa shape index (κ1) is 38.1. The van der Waals surface area contributed by atoms with Crippen LogP contribution in [0.25, 0.3) is 0 Å². The summed E-state index contributed by atoms with van der Waals surface area (Å²) in [5.74, 6) is -2.89. The van der Waals surface area contributed by atoms with Gasteiger partial charge in [0.15, 0.2) is 23.1 Å². The normalized spacial score (nSPS) is 50.0. The van der Waals surface area contributed by atoms with E-state index in [1.807, 2.05) is 27.7 Å². The van der Waals surface area contributed by atoms with E-state index in [1.54, 1.807) is 43.4 Å². The van der Waals surface area contributed by atoms with Crippen molar-refractivity contribution in [3.05, 3.63) is 71.9 Å². The van der Waals surface area contributed by atoms with Crippen LogP contribution in [0.3, 0.4) is 0 Å². The number of allylic oxidation sites excluding steroid dienone is 10. The highest BCUT2D eigenvalue weighted by Gasteiger charge is 2.72. The Morgan fingerprint density at radius 1 is 0.679 bits per heavy atom. The summed E-state index contributed by atoms with van der Waals surface area (Å²) in [5.41, 5.74) is -8.64. The van der Waals surface area contributed by atoms with E-state index < -0.39 is 69.0 Å². The van der Waals surface area contributed by atoms with Crippen LogP contribution in [-0.4, -0.2) is 79.3 Å². The van der Waals surface area contributed by atoms with E-state index in [0.717, 1.165) is 11.1 Å². The van der Waals surface area contributed by atoms with E-state index in [0.29, 0.717) is 38.5 Å². The molecule has 0 aromatic heterocycles. The Morgan fingerprint density at radius 3 is 1.64 bits per heavy atom. The molecule has 4 saturated carbocycles. The number of ketones is 4. The maximum absolute atomic E-state index is 16.6. The number of carbonyl (C=O) groups is 4. The van der Waals surface area contributed by atoms with Crippen LogP contribution >= 0.6 is 0 Å². The van der Waals surface area contributed by atoms with Gasteiger partial charge in [0.05, 0.1) is 0 Å². The average molecular weight is 735 g/mol. The summed E-state index contributed by atoms with van der Waals surface area (Å²) in [6, 6.07) is 0. The predicted octanol–water partition coefficient (Wildman–Crippen LogP) is 5.16.